The van der Waals surface area contributed by atoms with Crippen molar-refractivity contribution < 1.29 is 0 Å². The summed E-state index contributed by atoms with van der Waals surface area (Å²) in [5, 5.41) is 0. The van der Waals surface area contributed by atoms with Gasteiger partial charge in [0.25, 0.3) is 0 Å². The summed E-state index contributed by atoms with van der Waals surface area (Å²) >= 11 is 2.09. The van der Waals surface area contributed by atoms with Crippen LogP contribution in [0.2, 0.25) is 0 Å². The van der Waals surface area contributed by atoms with Crippen LogP contribution in [0, 0.1) is 0 Å². The van der Waals surface area contributed by atoms with Crippen molar-refractivity contribution in [2.24, 2.45) is 0 Å². The molecule has 1 aliphatic heterocycles. The van der Waals surface area contributed by atoms with Crippen molar-refractivity contribution in [2.75, 3.05) is 11.9 Å². The van der Waals surface area contributed by atoms with Gasteiger partial charge in [-0.2, -0.15) is 0 Å². The molecule has 0 radical (unpaired) electrons. The molecule has 1 aromatic carbocycles. The molecule has 0 aromatic heterocycles. The molecular formula is C13H17NS. The van der Waals surface area contributed by atoms with E-state index in [1.165, 1.54) is 42.7 Å². The Balaban J connectivity index is 1.98. The lowest BCUT2D eigenvalue weighted by Gasteiger charge is -2.39. The van der Waals surface area contributed by atoms with Gasteiger partial charge in [0.1, 0.15) is 0 Å². The normalized spacial score (nSPS) is 23.1. The van der Waals surface area contributed by atoms with E-state index in [0.717, 1.165) is 0 Å². The van der Waals surface area contributed by atoms with Gasteiger partial charge in [-0.1, -0.05) is 43.2 Å². The van der Waals surface area contributed by atoms with E-state index in [9.17, 15) is 0 Å². The number of anilines is 1. The summed E-state index contributed by atoms with van der Waals surface area (Å²) in [6.07, 6.45) is 6.91. The molecule has 1 saturated carbocycles. The Labute approximate surface area is 95.9 Å². The van der Waals surface area contributed by atoms with Crippen molar-refractivity contribution in [3.8, 4) is 0 Å². The predicted octanol–water partition coefficient (Wildman–Crippen LogP) is 3.89. The average molecular weight is 219 g/mol. The number of nitrogens with zero attached hydrogens (tertiary/aromatic N) is 1. The lowest BCUT2D eigenvalue weighted by molar-refractivity contribution is 0.398. The van der Waals surface area contributed by atoms with Gasteiger partial charge >= 0.3 is 0 Å². The molecule has 1 heterocycles. The molecule has 2 aliphatic rings. The van der Waals surface area contributed by atoms with E-state index in [4.69, 9.17) is 0 Å². The van der Waals surface area contributed by atoms with Gasteiger partial charge in [0.15, 0.2) is 0 Å². The van der Waals surface area contributed by atoms with E-state index in [-0.39, 0.29) is 0 Å². The summed E-state index contributed by atoms with van der Waals surface area (Å²) in [6.45, 7) is 0. The van der Waals surface area contributed by atoms with Crippen LogP contribution >= 0.6 is 11.8 Å². The number of hydrogen-bond donors (Lipinski definition) is 0. The molecule has 1 aliphatic carbocycles. The molecule has 2 heteroatoms. The van der Waals surface area contributed by atoms with Crippen LogP contribution in [0.1, 0.15) is 32.1 Å². The Hall–Kier alpha value is -0.630. The van der Waals surface area contributed by atoms with Gasteiger partial charge in [-0.25, -0.2) is 0 Å². The standard InChI is InChI=1S/C13H17NS/c1-14-11-7-3-4-8-12(11)15-13(14)9-5-2-6-10-13/h3-4,7-8H,2,5-6,9-10H2,1H3. The highest BCUT2D eigenvalue weighted by molar-refractivity contribution is 8.01. The Bertz CT molecular complexity index is 369. The highest BCUT2D eigenvalue weighted by Crippen LogP contribution is 2.55. The first-order chi connectivity index (χ1) is 7.32. The van der Waals surface area contributed by atoms with E-state index in [1.807, 2.05) is 0 Å². The second-order valence-electron chi connectivity index (χ2n) is 4.64. The van der Waals surface area contributed by atoms with Crippen molar-refractivity contribution in [2.45, 2.75) is 41.9 Å². The molecule has 0 N–H and O–H groups in total. The smallest absolute Gasteiger partial charge is 0.0904 e. The third-order valence-corrected chi connectivity index (χ3v) is 5.40. The van der Waals surface area contributed by atoms with Crippen molar-refractivity contribution in [1.29, 1.82) is 0 Å². The molecular weight excluding hydrogens is 202 g/mol. The van der Waals surface area contributed by atoms with Crippen LogP contribution in [0.15, 0.2) is 29.2 Å². The fourth-order valence-corrected chi connectivity index (χ4v) is 4.45. The topological polar surface area (TPSA) is 3.24 Å². The largest absolute Gasteiger partial charge is 0.359 e. The van der Waals surface area contributed by atoms with Crippen molar-refractivity contribution in [3.63, 3.8) is 0 Å². The lowest BCUT2D eigenvalue weighted by Crippen LogP contribution is -2.42. The fraction of sp³-hybridized carbons (Fsp3) is 0.538. The third-order valence-electron chi connectivity index (χ3n) is 3.77. The predicted molar refractivity (Wildman–Crippen MR) is 66.5 cm³/mol. The number of para-hydroxylation sites is 1. The van der Waals surface area contributed by atoms with Crippen molar-refractivity contribution in [1.82, 2.24) is 0 Å². The molecule has 80 valence electrons. The molecule has 0 amide bonds. The summed E-state index contributed by atoms with van der Waals surface area (Å²) in [4.78, 5) is 4.38. The van der Waals surface area contributed by atoms with Crippen LogP contribution in [-0.2, 0) is 0 Å². The van der Waals surface area contributed by atoms with E-state index in [1.54, 1.807) is 0 Å². The van der Waals surface area contributed by atoms with Crippen LogP contribution in [0.3, 0.4) is 0 Å². The van der Waals surface area contributed by atoms with E-state index >= 15 is 0 Å². The van der Waals surface area contributed by atoms with Crippen LogP contribution < -0.4 is 4.90 Å². The lowest BCUT2D eigenvalue weighted by atomic mass is 9.93. The zero-order valence-electron chi connectivity index (χ0n) is 9.20. The van der Waals surface area contributed by atoms with Gasteiger partial charge < -0.3 is 4.90 Å². The second-order valence-corrected chi connectivity index (χ2v) is 6.04. The van der Waals surface area contributed by atoms with Crippen LogP contribution in [0.25, 0.3) is 0 Å². The fourth-order valence-electron chi connectivity index (χ4n) is 2.85. The summed E-state index contributed by atoms with van der Waals surface area (Å²) in [5.41, 5.74) is 1.43. The van der Waals surface area contributed by atoms with Crippen molar-refractivity contribution in [3.05, 3.63) is 24.3 Å². The summed E-state index contributed by atoms with van der Waals surface area (Å²) < 4.78 is 0. The molecule has 1 aromatic rings. The summed E-state index contributed by atoms with van der Waals surface area (Å²) in [5.74, 6) is 0. The summed E-state index contributed by atoms with van der Waals surface area (Å²) in [7, 11) is 2.27. The first kappa shape index (κ1) is 9.59. The highest BCUT2D eigenvalue weighted by Gasteiger charge is 2.42. The van der Waals surface area contributed by atoms with Crippen LogP contribution in [0.4, 0.5) is 5.69 Å². The highest BCUT2D eigenvalue weighted by atomic mass is 32.2. The molecule has 15 heavy (non-hydrogen) atoms. The van der Waals surface area contributed by atoms with Gasteiger partial charge in [0.05, 0.1) is 10.6 Å². The Kier molecular flexibility index (Phi) is 2.20. The van der Waals surface area contributed by atoms with Gasteiger partial charge in [-0.15, -0.1) is 0 Å². The number of rotatable bonds is 0. The minimum Gasteiger partial charge on any atom is -0.359 e. The number of fused-ring (bicyclic) bond motifs is 1. The van der Waals surface area contributed by atoms with Gasteiger partial charge in [-0.3, -0.25) is 0 Å². The average Bonchev–Trinajstić information content (AvgIpc) is 2.54. The third kappa shape index (κ3) is 1.38. The van der Waals surface area contributed by atoms with Crippen molar-refractivity contribution >= 4 is 17.4 Å². The molecule has 0 unspecified atom stereocenters. The first-order valence-electron chi connectivity index (χ1n) is 5.84. The second kappa shape index (κ2) is 3.44. The monoisotopic (exact) mass is 219 g/mol. The summed E-state index contributed by atoms with van der Waals surface area (Å²) in [6, 6.07) is 8.82. The zero-order chi connectivity index (χ0) is 10.3. The van der Waals surface area contributed by atoms with Gasteiger partial charge in [-0.05, 0) is 25.0 Å². The zero-order valence-corrected chi connectivity index (χ0v) is 10.0. The molecule has 3 rings (SSSR count). The van der Waals surface area contributed by atoms with E-state index in [0.29, 0.717) is 4.87 Å². The van der Waals surface area contributed by atoms with Gasteiger partial charge in [0.2, 0.25) is 0 Å². The number of thioether (sulfide) groups is 1. The maximum Gasteiger partial charge on any atom is 0.0904 e. The maximum atomic E-state index is 2.52. The quantitative estimate of drug-likeness (QED) is 0.651. The molecule has 1 nitrogen and oxygen atoms in total. The molecule has 0 bridgehead atoms. The minimum atomic E-state index is 0.391. The number of hydrogen-bond acceptors (Lipinski definition) is 2. The van der Waals surface area contributed by atoms with E-state index < -0.39 is 0 Å². The minimum absolute atomic E-state index is 0.391. The SMILES string of the molecule is CN1c2ccccc2SC12CCCCC2. The Morgan fingerprint density at radius 2 is 1.87 bits per heavy atom. The van der Waals surface area contributed by atoms with E-state index in [2.05, 4.69) is 48.0 Å². The molecule has 1 fully saturated rings. The first-order valence-corrected chi connectivity index (χ1v) is 6.65. The van der Waals surface area contributed by atoms with Crippen LogP contribution in [-0.4, -0.2) is 11.9 Å². The molecule has 0 atom stereocenters. The Morgan fingerprint density at radius 3 is 2.60 bits per heavy atom. The molecule has 1 spiro atoms. The van der Waals surface area contributed by atoms with Crippen LogP contribution in [0.5, 0.6) is 0 Å². The number of benzene rings is 1. The maximum absolute atomic E-state index is 2.52. The Morgan fingerprint density at radius 1 is 1.13 bits per heavy atom. The molecule has 0 saturated heterocycles. The van der Waals surface area contributed by atoms with Gasteiger partial charge in [0, 0.05) is 11.9 Å².